The average Bonchev–Trinajstić information content (AvgIpc) is 3.04. The van der Waals surface area contributed by atoms with Gasteiger partial charge < -0.3 is 0 Å². The Kier molecular flexibility index (Phi) is 19.4. The second kappa shape index (κ2) is 23.3. The number of pyridine rings is 2. The molecule has 0 aliphatic rings. The minimum atomic E-state index is 0.374. The molecule has 0 fully saturated rings. The molecule has 0 saturated heterocycles. The molecule has 0 saturated carbocycles. The van der Waals surface area contributed by atoms with E-state index in [1.165, 1.54) is 0 Å². The Morgan fingerprint density at radius 3 is 1.55 bits per heavy atom. The van der Waals surface area contributed by atoms with Crippen LogP contribution in [0.15, 0.2) is 85.8 Å². The van der Waals surface area contributed by atoms with Crippen molar-refractivity contribution in [2.45, 2.75) is 55.4 Å². The van der Waals surface area contributed by atoms with Crippen LogP contribution < -0.4 is 0 Å². The van der Waals surface area contributed by atoms with Crippen LogP contribution in [0, 0.1) is 71.0 Å². The van der Waals surface area contributed by atoms with Crippen molar-refractivity contribution in [3.05, 3.63) is 108 Å². The first kappa shape index (κ1) is 36.7. The van der Waals surface area contributed by atoms with Gasteiger partial charge in [0.15, 0.2) is 0 Å². The number of rotatable bonds is 0. The summed E-state index contributed by atoms with van der Waals surface area (Å²) in [5.41, 5.74) is 2.76. The van der Waals surface area contributed by atoms with Gasteiger partial charge in [0.2, 0.25) is 5.82 Å². The van der Waals surface area contributed by atoms with E-state index in [-0.39, 0.29) is 0 Å². The average molecular weight is 583 g/mol. The summed E-state index contributed by atoms with van der Waals surface area (Å²) in [5, 5.41) is 7.54. The minimum Gasteiger partial charge on any atom is -0.265 e. The molecule has 6 heteroatoms. The first-order valence-electron chi connectivity index (χ1n) is 14.6. The lowest BCUT2D eigenvalue weighted by molar-refractivity contribution is 0.865. The monoisotopic (exact) mass is 582 g/mol. The van der Waals surface area contributed by atoms with E-state index in [0.717, 1.165) is 16.8 Å². The van der Waals surface area contributed by atoms with Gasteiger partial charge in [-0.2, -0.15) is 5.10 Å². The van der Waals surface area contributed by atoms with E-state index < -0.39 is 0 Å². The largest absolute Gasteiger partial charge is 0.265 e. The lowest BCUT2D eigenvalue weighted by Gasteiger charge is -1.88. The molecule has 44 heavy (non-hydrogen) atoms. The third-order valence-electron chi connectivity index (χ3n) is 4.45. The van der Waals surface area contributed by atoms with Crippen molar-refractivity contribution in [2.24, 2.45) is 23.7 Å². The molecule has 0 aliphatic carbocycles. The van der Waals surface area contributed by atoms with Gasteiger partial charge in [-0.3, -0.25) is 9.97 Å². The van der Waals surface area contributed by atoms with Crippen LogP contribution in [0.4, 0.5) is 0 Å². The van der Waals surface area contributed by atoms with Crippen molar-refractivity contribution >= 4 is 0 Å². The second-order valence-electron chi connectivity index (χ2n) is 10.4. The molecule has 4 heterocycles. The van der Waals surface area contributed by atoms with Gasteiger partial charge in [-0.05, 0) is 54.3 Å². The summed E-state index contributed by atoms with van der Waals surface area (Å²) in [4.78, 5) is 15.8. The Morgan fingerprint density at radius 2 is 1.02 bits per heavy atom. The smallest absolute Gasteiger partial charge is 0.204 e. The van der Waals surface area contributed by atoms with Gasteiger partial charge in [0.05, 0.1) is 0 Å². The molecule has 4 aromatic heterocycles. The zero-order valence-electron chi connectivity index (χ0n) is 27.1. The highest BCUT2D eigenvalue weighted by atomic mass is 15.1. The summed E-state index contributed by atoms with van der Waals surface area (Å²) >= 11 is 0. The summed E-state index contributed by atoms with van der Waals surface area (Å²) in [6, 6.07) is 13.1. The van der Waals surface area contributed by atoms with Crippen molar-refractivity contribution < 1.29 is 0 Å². The Labute approximate surface area is 264 Å². The highest BCUT2D eigenvalue weighted by Crippen LogP contribution is 1.95. The standard InChI is InChI=1S/2C10H11N.2C9H10N2/c1-9(2)3-4-10-5-7-11-8-6-10;1-9(2)5-6-10-4-3-7-11-8-10;1-8(2)4-5-9-10-6-3-7-11-9;1-8(2)5-6-9-4-3-7-10-11-9/h5-9H,1-2H3;3-4,7-9H,1-2H3;3,6-8H,1-2H3;3-4,7-8H,1-2H3. The Hall–Kier alpha value is -5.30. The van der Waals surface area contributed by atoms with E-state index in [2.05, 4.69) is 105 Å². The zero-order chi connectivity index (χ0) is 32.4. The Balaban J connectivity index is 0.000000293. The summed E-state index contributed by atoms with van der Waals surface area (Å²) in [6.07, 6.45) is 12.1. The highest BCUT2D eigenvalue weighted by Gasteiger charge is 1.87. The summed E-state index contributed by atoms with van der Waals surface area (Å²) in [6.45, 7) is 16.5. The second-order valence-corrected chi connectivity index (χ2v) is 10.4. The molecular weight excluding hydrogens is 540 g/mol. The van der Waals surface area contributed by atoms with Crippen LogP contribution in [-0.2, 0) is 0 Å². The van der Waals surface area contributed by atoms with E-state index >= 15 is 0 Å². The quantitative estimate of drug-likeness (QED) is 0.205. The van der Waals surface area contributed by atoms with Crippen molar-refractivity contribution in [2.75, 3.05) is 0 Å². The fraction of sp³-hybridized carbons (Fsp3) is 0.316. The highest BCUT2D eigenvalue weighted by molar-refractivity contribution is 5.32. The number of nitrogens with zero attached hydrogens (tertiary/aromatic N) is 6. The topological polar surface area (TPSA) is 77.3 Å². The first-order valence-corrected chi connectivity index (χ1v) is 14.6. The van der Waals surface area contributed by atoms with Crippen molar-refractivity contribution in [3.8, 4) is 47.4 Å². The molecule has 4 aromatic rings. The van der Waals surface area contributed by atoms with E-state index in [1.807, 2.05) is 64.1 Å². The zero-order valence-corrected chi connectivity index (χ0v) is 27.1. The van der Waals surface area contributed by atoms with Crippen LogP contribution in [0.1, 0.15) is 78.0 Å². The minimum absolute atomic E-state index is 0.374. The molecule has 6 nitrogen and oxygen atoms in total. The van der Waals surface area contributed by atoms with Gasteiger partial charge in [-0.15, -0.1) is 5.10 Å². The number of hydrogen-bond donors (Lipinski definition) is 0. The van der Waals surface area contributed by atoms with E-state index in [1.54, 1.807) is 49.4 Å². The summed E-state index contributed by atoms with van der Waals surface area (Å²) in [7, 11) is 0. The number of hydrogen-bond acceptors (Lipinski definition) is 6. The van der Waals surface area contributed by atoms with Crippen LogP contribution in [0.2, 0.25) is 0 Å². The Bertz CT molecular complexity index is 1310. The maximum Gasteiger partial charge on any atom is 0.204 e. The molecular formula is C38H42N6. The maximum atomic E-state index is 3.97. The van der Waals surface area contributed by atoms with E-state index in [9.17, 15) is 0 Å². The lowest BCUT2D eigenvalue weighted by Crippen LogP contribution is -1.86. The summed E-state index contributed by atoms with van der Waals surface area (Å²) < 4.78 is 0. The van der Waals surface area contributed by atoms with E-state index in [0.29, 0.717) is 29.5 Å². The maximum absolute atomic E-state index is 3.97. The third kappa shape index (κ3) is 21.4. The van der Waals surface area contributed by atoms with Crippen LogP contribution >= 0.6 is 0 Å². The van der Waals surface area contributed by atoms with Crippen molar-refractivity contribution in [1.29, 1.82) is 0 Å². The lowest BCUT2D eigenvalue weighted by atomic mass is 10.2. The molecule has 0 aliphatic heterocycles. The SMILES string of the molecule is CC(C)C#Cc1cccnc1.CC(C)C#Cc1cccnn1.CC(C)C#Cc1ccncc1.CC(C)C#Cc1ncccn1. The molecule has 0 spiro atoms. The molecule has 224 valence electrons. The molecule has 0 radical (unpaired) electrons. The van der Waals surface area contributed by atoms with Gasteiger partial charge in [0.25, 0.3) is 0 Å². The number of aromatic nitrogens is 6. The van der Waals surface area contributed by atoms with Crippen LogP contribution in [0.3, 0.4) is 0 Å². The predicted octanol–water partition coefficient (Wildman–Crippen LogP) is 7.15. The van der Waals surface area contributed by atoms with Crippen LogP contribution in [0.5, 0.6) is 0 Å². The van der Waals surface area contributed by atoms with Gasteiger partial charge >= 0.3 is 0 Å². The van der Waals surface area contributed by atoms with Gasteiger partial charge in [-0.1, -0.05) is 90.9 Å². The fourth-order valence-corrected chi connectivity index (χ4v) is 2.49. The van der Waals surface area contributed by atoms with Crippen LogP contribution in [0.25, 0.3) is 0 Å². The predicted molar refractivity (Wildman–Crippen MR) is 179 cm³/mol. The van der Waals surface area contributed by atoms with Crippen LogP contribution in [-0.4, -0.2) is 30.1 Å². The first-order chi connectivity index (χ1) is 21.2. The molecule has 0 unspecified atom stereocenters. The Morgan fingerprint density at radius 1 is 0.477 bits per heavy atom. The molecule has 0 bridgehead atoms. The van der Waals surface area contributed by atoms with Crippen molar-refractivity contribution in [3.63, 3.8) is 0 Å². The molecule has 0 aromatic carbocycles. The van der Waals surface area contributed by atoms with Gasteiger partial charge in [0, 0.05) is 78.2 Å². The molecule has 0 amide bonds. The third-order valence-corrected chi connectivity index (χ3v) is 4.45. The molecule has 0 N–H and O–H groups in total. The van der Waals surface area contributed by atoms with E-state index in [4.69, 9.17) is 0 Å². The van der Waals surface area contributed by atoms with Gasteiger partial charge in [0.1, 0.15) is 5.69 Å². The fourth-order valence-electron chi connectivity index (χ4n) is 2.49. The van der Waals surface area contributed by atoms with Crippen molar-refractivity contribution in [1.82, 2.24) is 30.1 Å². The molecule has 0 atom stereocenters. The normalized spacial score (nSPS) is 9.00. The molecule has 4 rings (SSSR count). The summed E-state index contributed by atoms with van der Waals surface area (Å²) in [5.74, 6) is 26.2. The van der Waals surface area contributed by atoms with Gasteiger partial charge in [-0.25, -0.2) is 9.97 Å².